The van der Waals surface area contributed by atoms with Crippen LogP contribution in [0.5, 0.6) is 0 Å². The molecule has 3 N–H and O–H groups in total. The molecule has 5 nitrogen and oxygen atoms in total. The van der Waals surface area contributed by atoms with E-state index in [1.54, 1.807) is 29.1 Å². The third kappa shape index (κ3) is 8.62. The molecule has 1 rings (SSSR count). The lowest BCUT2D eigenvalue weighted by Gasteiger charge is -2.03. The van der Waals surface area contributed by atoms with E-state index in [4.69, 9.17) is 5.73 Å². The van der Waals surface area contributed by atoms with Gasteiger partial charge < -0.3 is 23.5 Å². The molecule has 0 fully saturated rings. The molecule has 0 aliphatic heterocycles. The highest BCUT2D eigenvalue weighted by Crippen LogP contribution is 2.03. The maximum atomic E-state index is 11.8. The van der Waals surface area contributed by atoms with Crippen molar-refractivity contribution in [2.75, 3.05) is 6.54 Å². The van der Waals surface area contributed by atoms with Crippen LogP contribution in [-0.2, 0) is 11.3 Å². The van der Waals surface area contributed by atoms with Gasteiger partial charge in [-0.15, -0.1) is 0 Å². The Hall–Kier alpha value is -1.62. The molecule has 124 valence electrons. The zero-order valence-electron chi connectivity index (χ0n) is 13.2. The van der Waals surface area contributed by atoms with Crippen LogP contribution in [0.15, 0.2) is 24.5 Å². The van der Waals surface area contributed by atoms with Crippen LogP contribution in [-0.4, -0.2) is 18.4 Å². The number of rotatable bonds is 10. The second-order valence-electron chi connectivity index (χ2n) is 5.25. The van der Waals surface area contributed by atoms with Gasteiger partial charge in [0.1, 0.15) is 5.56 Å². The summed E-state index contributed by atoms with van der Waals surface area (Å²) in [5.74, 6) is -0.535. The molecule has 0 unspecified atom stereocenters. The first-order valence-corrected chi connectivity index (χ1v) is 7.69. The topological polar surface area (TPSA) is 76.1 Å². The number of unbranched alkanes of at least 4 members (excludes halogenated alkanes) is 5. The quantitative estimate of drug-likeness (QED) is 0.408. The summed E-state index contributed by atoms with van der Waals surface area (Å²) in [5.41, 5.74) is 5.61. The van der Waals surface area contributed by atoms with Crippen molar-refractivity contribution in [3.05, 3.63) is 30.1 Å². The number of carbonyl (C=O) groups is 2. The maximum absolute atomic E-state index is 11.8. The van der Waals surface area contributed by atoms with Crippen LogP contribution in [0.4, 0.5) is 0 Å². The van der Waals surface area contributed by atoms with Gasteiger partial charge >= 0.3 is 0 Å². The van der Waals surface area contributed by atoms with Crippen molar-refractivity contribution in [1.82, 2.24) is 5.32 Å². The van der Waals surface area contributed by atoms with E-state index in [1.807, 2.05) is 0 Å². The summed E-state index contributed by atoms with van der Waals surface area (Å²) < 4.78 is 1.66. The molecule has 2 amide bonds. The largest absolute Gasteiger partial charge is 1.00 e. The summed E-state index contributed by atoms with van der Waals surface area (Å²) in [6.07, 6.45) is 10.6. The number of carbonyl (C=O) groups excluding carboxylic acids is 2. The molecule has 1 aromatic heterocycles. The van der Waals surface area contributed by atoms with Crippen molar-refractivity contribution in [2.24, 2.45) is 5.73 Å². The molecule has 6 heteroatoms. The average Bonchev–Trinajstić information content (AvgIpc) is 2.46. The predicted molar refractivity (Wildman–Crippen MR) is 81.5 cm³/mol. The number of nitrogens with two attached hydrogens (primary N) is 1. The second-order valence-corrected chi connectivity index (χ2v) is 5.25. The fourth-order valence-corrected chi connectivity index (χ4v) is 2.12. The monoisotopic (exact) mass is 327 g/mol. The molecule has 0 atom stereocenters. The Morgan fingerprint density at radius 1 is 1.18 bits per heavy atom. The normalized spacial score (nSPS) is 9.86. The lowest BCUT2D eigenvalue weighted by atomic mass is 10.1. The van der Waals surface area contributed by atoms with Crippen LogP contribution in [0.1, 0.15) is 55.8 Å². The minimum absolute atomic E-state index is 0. The average molecular weight is 328 g/mol. The molecular formula is C16H26ClN3O2. The van der Waals surface area contributed by atoms with E-state index in [0.29, 0.717) is 12.1 Å². The van der Waals surface area contributed by atoms with E-state index in [-0.39, 0.29) is 24.9 Å². The molecule has 0 aliphatic rings. The Bertz CT molecular complexity index is 466. The minimum Gasteiger partial charge on any atom is -1.00 e. The van der Waals surface area contributed by atoms with Crippen molar-refractivity contribution in [2.45, 2.75) is 52.0 Å². The number of pyridine rings is 1. The van der Waals surface area contributed by atoms with E-state index in [9.17, 15) is 9.59 Å². The van der Waals surface area contributed by atoms with Crippen LogP contribution in [0, 0.1) is 0 Å². The first-order valence-electron chi connectivity index (χ1n) is 7.69. The number of halogens is 1. The molecular weight excluding hydrogens is 302 g/mol. The minimum atomic E-state index is -0.489. The standard InChI is InChI=1S/C16H25N3O2.ClH/c1-2-3-4-5-6-7-10-18-15(20)13-19-11-8-9-14(12-19)16(17)21;/h8-9,11-12H,2-7,10,13H2,1H3,(H2-,17,18,20,21);1H. The molecule has 22 heavy (non-hydrogen) atoms. The van der Waals surface area contributed by atoms with Gasteiger partial charge in [-0.25, -0.2) is 0 Å². The smallest absolute Gasteiger partial charge is 0.285 e. The molecule has 0 aliphatic carbocycles. The van der Waals surface area contributed by atoms with E-state index >= 15 is 0 Å². The first kappa shape index (κ1) is 20.4. The van der Waals surface area contributed by atoms with Gasteiger partial charge in [0.15, 0.2) is 12.4 Å². The number of nitrogens with one attached hydrogen (secondary N) is 1. The number of hydrogen-bond donors (Lipinski definition) is 2. The molecule has 0 saturated heterocycles. The highest BCUT2D eigenvalue weighted by Gasteiger charge is 2.11. The number of primary amides is 1. The second kappa shape index (κ2) is 12.0. The summed E-state index contributed by atoms with van der Waals surface area (Å²) >= 11 is 0. The van der Waals surface area contributed by atoms with Crippen LogP contribution < -0.4 is 28.0 Å². The SMILES string of the molecule is CCCCCCCCNC(=O)C[n+]1cccc(C(N)=O)c1.[Cl-]. The first-order chi connectivity index (χ1) is 10.1. The highest BCUT2D eigenvalue weighted by atomic mass is 35.5. The number of nitrogens with zero attached hydrogens (tertiary/aromatic N) is 1. The van der Waals surface area contributed by atoms with Gasteiger partial charge in [0.25, 0.3) is 11.8 Å². The third-order valence-corrected chi connectivity index (χ3v) is 3.32. The lowest BCUT2D eigenvalue weighted by Crippen LogP contribution is -3.00. The molecule has 0 aromatic carbocycles. The molecule has 0 bridgehead atoms. The fraction of sp³-hybridized carbons (Fsp3) is 0.562. The summed E-state index contributed by atoms with van der Waals surface area (Å²) in [6.45, 7) is 3.11. The Labute approximate surface area is 138 Å². The number of amides is 2. The third-order valence-electron chi connectivity index (χ3n) is 3.32. The van der Waals surface area contributed by atoms with E-state index in [0.717, 1.165) is 12.8 Å². The molecule has 0 spiro atoms. The van der Waals surface area contributed by atoms with Gasteiger partial charge in [-0.05, 0) is 12.5 Å². The maximum Gasteiger partial charge on any atom is 0.285 e. The lowest BCUT2D eigenvalue weighted by molar-refractivity contribution is -0.684. The molecule has 0 radical (unpaired) electrons. The fourth-order valence-electron chi connectivity index (χ4n) is 2.12. The van der Waals surface area contributed by atoms with Gasteiger partial charge in [0.2, 0.25) is 6.54 Å². The zero-order valence-corrected chi connectivity index (χ0v) is 13.9. The molecule has 1 heterocycles. The van der Waals surface area contributed by atoms with Gasteiger partial charge in [-0.2, -0.15) is 4.57 Å². The van der Waals surface area contributed by atoms with Crippen LogP contribution in [0.2, 0.25) is 0 Å². The van der Waals surface area contributed by atoms with Gasteiger partial charge in [-0.3, -0.25) is 9.59 Å². The van der Waals surface area contributed by atoms with E-state index in [1.165, 1.54) is 25.7 Å². The Balaban J connectivity index is 0.00000441. The number of aromatic nitrogens is 1. The highest BCUT2D eigenvalue weighted by molar-refractivity contribution is 5.92. The van der Waals surface area contributed by atoms with E-state index in [2.05, 4.69) is 12.2 Å². The van der Waals surface area contributed by atoms with Crippen molar-refractivity contribution in [1.29, 1.82) is 0 Å². The Kier molecular flexibility index (Phi) is 11.1. The molecule has 1 aromatic rings. The van der Waals surface area contributed by atoms with Crippen LogP contribution in [0.25, 0.3) is 0 Å². The zero-order chi connectivity index (χ0) is 15.5. The van der Waals surface area contributed by atoms with Gasteiger partial charge in [-0.1, -0.05) is 39.0 Å². The number of hydrogen-bond acceptors (Lipinski definition) is 2. The predicted octanol–water partition coefficient (Wildman–Crippen LogP) is -1.45. The van der Waals surface area contributed by atoms with E-state index < -0.39 is 5.91 Å². The summed E-state index contributed by atoms with van der Waals surface area (Å²) in [5, 5.41) is 2.89. The summed E-state index contributed by atoms with van der Waals surface area (Å²) in [6, 6.07) is 3.34. The van der Waals surface area contributed by atoms with Crippen molar-refractivity contribution in [3.8, 4) is 0 Å². The summed E-state index contributed by atoms with van der Waals surface area (Å²) in [7, 11) is 0. The van der Waals surface area contributed by atoms with Crippen molar-refractivity contribution in [3.63, 3.8) is 0 Å². The Morgan fingerprint density at radius 2 is 1.86 bits per heavy atom. The van der Waals surface area contributed by atoms with Crippen LogP contribution in [0.3, 0.4) is 0 Å². The van der Waals surface area contributed by atoms with Crippen molar-refractivity contribution >= 4 is 11.8 Å². The molecule has 0 saturated carbocycles. The summed E-state index contributed by atoms with van der Waals surface area (Å²) in [4.78, 5) is 22.8. The van der Waals surface area contributed by atoms with Crippen LogP contribution >= 0.6 is 0 Å². The van der Waals surface area contributed by atoms with Crippen molar-refractivity contribution < 1.29 is 26.6 Å². The Morgan fingerprint density at radius 3 is 2.55 bits per heavy atom. The van der Waals surface area contributed by atoms with Gasteiger partial charge in [0.05, 0.1) is 0 Å². The van der Waals surface area contributed by atoms with Gasteiger partial charge in [0, 0.05) is 12.6 Å².